The molecule has 7 nitrogen and oxygen atoms in total. The number of anilines is 3. The molecule has 2 aliphatic rings. The molecule has 28 heavy (non-hydrogen) atoms. The molecule has 3 aromatic rings. The molecule has 0 spiro atoms. The van der Waals surface area contributed by atoms with Crippen LogP contribution in [0.2, 0.25) is 0 Å². The number of piperazine rings is 1. The Morgan fingerprint density at radius 2 is 1.71 bits per heavy atom. The Hall–Kier alpha value is -3.09. The number of hydrogen-bond acceptors (Lipinski definition) is 5. The van der Waals surface area contributed by atoms with Gasteiger partial charge < -0.3 is 9.80 Å². The van der Waals surface area contributed by atoms with E-state index in [0.717, 1.165) is 50.5 Å². The summed E-state index contributed by atoms with van der Waals surface area (Å²) in [5, 5.41) is 7.39. The molecule has 1 amide bonds. The van der Waals surface area contributed by atoms with Gasteiger partial charge in [0.25, 0.3) is 0 Å². The molecule has 1 N–H and O–H groups in total. The van der Waals surface area contributed by atoms with E-state index in [4.69, 9.17) is 0 Å². The van der Waals surface area contributed by atoms with Crippen LogP contribution in [0.5, 0.6) is 0 Å². The molecule has 0 radical (unpaired) electrons. The normalized spacial score (nSPS) is 17.2. The fourth-order valence-electron chi connectivity index (χ4n) is 3.69. The molecule has 1 aliphatic carbocycles. The molecular formula is C21H24N6O. The average molecular weight is 376 g/mol. The molecule has 1 saturated heterocycles. The Bertz CT molecular complexity index is 999. The van der Waals surface area contributed by atoms with Crippen molar-refractivity contribution in [1.29, 1.82) is 0 Å². The van der Waals surface area contributed by atoms with Gasteiger partial charge in [0, 0.05) is 37.8 Å². The van der Waals surface area contributed by atoms with Gasteiger partial charge in [-0.3, -0.25) is 10.1 Å². The number of rotatable bonds is 4. The van der Waals surface area contributed by atoms with E-state index < -0.39 is 0 Å². The number of nitrogens with zero attached hydrogens (tertiary/aromatic N) is 5. The standard InChI is InChI=1S/C21H24N6O/c1-15-5-9-17(10-6-15)25-11-13-26(14-12-25)19-4-2-3-18-22-21(24-27(18)19)23-20(28)16-7-8-16/h2-6,9-10,16H,7-8,11-14H2,1H3,(H,23,24,28). The Morgan fingerprint density at radius 3 is 2.43 bits per heavy atom. The highest BCUT2D eigenvalue weighted by Gasteiger charge is 2.30. The van der Waals surface area contributed by atoms with Gasteiger partial charge in [0.05, 0.1) is 0 Å². The number of fused-ring (bicyclic) bond motifs is 1. The lowest BCUT2D eigenvalue weighted by Gasteiger charge is -2.37. The molecule has 5 rings (SSSR count). The zero-order valence-corrected chi connectivity index (χ0v) is 16.0. The van der Waals surface area contributed by atoms with Gasteiger partial charge in [0.1, 0.15) is 5.82 Å². The van der Waals surface area contributed by atoms with E-state index in [2.05, 4.69) is 62.5 Å². The number of aryl methyl sites for hydroxylation is 1. The van der Waals surface area contributed by atoms with E-state index in [1.807, 2.05) is 16.6 Å². The number of amides is 1. The van der Waals surface area contributed by atoms with Crippen LogP contribution in [0.1, 0.15) is 18.4 Å². The molecule has 1 aromatic carbocycles. The van der Waals surface area contributed by atoms with Gasteiger partial charge in [-0.05, 0) is 44.0 Å². The van der Waals surface area contributed by atoms with Crippen LogP contribution in [0.15, 0.2) is 42.5 Å². The van der Waals surface area contributed by atoms with Crippen molar-refractivity contribution in [2.24, 2.45) is 5.92 Å². The third kappa shape index (κ3) is 3.28. The minimum absolute atomic E-state index is 0.0316. The van der Waals surface area contributed by atoms with Gasteiger partial charge in [0.2, 0.25) is 11.9 Å². The Kier molecular flexibility index (Phi) is 4.15. The molecule has 3 heterocycles. The Balaban J connectivity index is 1.32. The number of aromatic nitrogens is 3. The van der Waals surface area contributed by atoms with Gasteiger partial charge in [-0.15, -0.1) is 5.10 Å². The number of carbonyl (C=O) groups is 1. The SMILES string of the molecule is Cc1ccc(N2CCN(c3cccc4nc(NC(=O)C5CC5)nn34)CC2)cc1. The second-order valence-corrected chi connectivity index (χ2v) is 7.66. The third-order valence-electron chi connectivity index (χ3n) is 5.53. The summed E-state index contributed by atoms with van der Waals surface area (Å²) < 4.78 is 1.84. The van der Waals surface area contributed by atoms with Gasteiger partial charge >= 0.3 is 0 Å². The minimum atomic E-state index is 0.0316. The number of nitrogens with one attached hydrogen (secondary N) is 1. The first-order chi connectivity index (χ1) is 13.7. The number of hydrogen-bond donors (Lipinski definition) is 1. The van der Waals surface area contributed by atoms with Gasteiger partial charge in [0.15, 0.2) is 5.65 Å². The molecule has 0 atom stereocenters. The van der Waals surface area contributed by atoms with Crippen molar-refractivity contribution < 1.29 is 4.79 Å². The van der Waals surface area contributed by atoms with E-state index in [-0.39, 0.29) is 11.8 Å². The quantitative estimate of drug-likeness (QED) is 0.758. The van der Waals surface area contributed by atoms with Crippen molar-refractivity contribution in [1.82, 2.24) is 14.6 Å². The zero-order valence-electron chi connectivity index (χ0n) is 16.0. The molecule has 1 aliphatic heterocycles. The lowest BCUT2D eigenvalue weighted by molar-refractivity contribution is -0.117. The van der Waals surface area contributed by atoms with Crippen molar-refractivity contribution in [2.45, 2.75) is 19.8 Å². The van der Waals surface area contributed by atoms with Crippen molar-refractivity contribution in [2.75, 3.05) is 41.3 Å². The Labute approximate surface area is 164 Å². The zero-order chi connectivity index (χ0) is 19.1. The summed E-state index contributed by atoms with van der Waals surface area (Å²) in [4.78, 5) is 21.2. The maximum Gasteiger partial charge on any atom is 0.249 e. The molecule has 0 unspecified atom stereocenters. The maximum atomic E-state index is 12.0. The van der Waals surface area contributed by atoms with Crippen LogP contribution in [0.25, 0.3) is 5.65 Å². The van der Waals surface area contributed by atoms with E-state index in [1.165, 1.54) is 11.3 Å². The fourth-order valence-corrected chi connectivity index (χ4v) is 3.69. The molecule has 2 aromatic heterocycles. The number of pyridine rings is 1. The molecular weight excluding hydrogens is 352 g/mol. The summed E-state index contributed by atoms with van der Waals surface area (Å²) in [6.45, 7) is 5.86. The van der Waals surface area contributed by atoms with Crippen LogP contribution < -0.4 is 15.1 Å². The maximum absolute atomic E-state index is 12.0. The highest BCUT2D eigenvalue weighted by Crippen LogP contribution is 2.30. The van der Waals surface area contributed by atoms with E-state index in [1.54, 1.807) is 0 Å². The number of carbonyl (C=O) groups excluding carboxylic acids is 1. The Morgan fingerprint density at radius 1 is 1.00 bits per heavy atom. The predicted molar refractivity (Wildman–Crippen MR) is 110 cm³/mol. The first-order valence-electron chi connectivity index (χ1n) is 9.90. The van der Waals surface area contributed by atoms with E-state index >= 15 is 0 Å². The van der Waals surface area contributed by atoms with Gasteiger partial charge in [-0.1, -0.05) is 23.8 Å². The van der Waals surface area contributed by atoms with Gasteiger partial charge in [-0.2, -0.15) is 9.50 Å². The summed E-state index contributed by atoms with van der Waals surface area (Å²) in [5.41, 5.74) is 3.31. The molecule has 1 saturated carbocycles. The monoisotopic (exact) mass is 376 g/mol. The number of benzene rings is 1. The molecule has 144 valence electrons. The summed E-state index contributed by atoms with van der Waals surface area (Å²) in [6, 6.07) is 14.7. The lowest BCUT2D eigenvalue weighted by Crippen LogP contribution is -2.47. The van der Waals surface area contributed by atoms with Crippen molar-refractivity contribution >= 4 is 29.0 Å². The molecule has 2 fully saturated rings. The molecule has 0 bridgehead atoms. The summed E-state index contributed by atoms with van der Waals surface area (Å²) in [5.74, 6) is 1.58. The summed E-state index contributed by atoms with van der Waals surface area (Å²) in [6.07, 6.45) is 1.94. The first kappa shape index (κ1) is 17.0. The van der Waals surface area contributed by atoms with Crippen LogP contribution >= 0.6 is 0 Å². The average Bonchev–Trinajstić information content (AvgIpc) is 3.49. The third-order valence-corrected chi connectivity index (χ3v) is 5.53. The first-order valence-corrected chi connectivity index (χ1v) is 9.90. The van der Waals surface area contributed by atoms with Crippen molar-refractivity contribution in [3.8, 4) is 0 Å². The summed E-state index contributed by atoms with van der Waals surface area (Å²) >= 11 is 0. The topological polar surface area (TPSA) is 65.8 Å². The van der Waals surface area contributed by atoms with Crippen molar-refractivity contribution in [3.05, 3.63) is 48.0 Å². The second kappa shape index (κ2) is 6.82. The van der Waals surface area contributed by atoms with Crippen LogP contribution in [0.4, 0.5) is 17.5 Å². The predicted octanol–water partition coefficient (Wildman–Crippen LogP) is 2.71. The van der Waals surface area contributed by atoms with Crippen LogP contribution in [0.3, 0.4) is 0 Å². The minimum Gasteiger partial charge on any atom is -0.368 e. The smallest absolute Gasteiger partial charge is 0.249 e. The summed E-state index contributed by atoms with van der Waals surface area (Å²) in [7, 11) is 0. The van der Waals surface area contributed by atoms with E-state index in [9.17, 15) is 4.79 Å². The van der Waals surface area contributed by atoms with Crippen LogP contribution in [0, 0.1) is 12.8 Å². The van der Waals surface area contributed by atoms with E-state index in [0.29, 0.717) is 5.95 Å². The highest BCUT2D eigenvalue weighted by molar-refractivity contribution is 5.92. The second-order valence-electron chi connectivity index (χ2n) is 7.66. The van der Waals surface area contributed by atoms with Crippen LogP contribution in [-0.2, 0) is 4.79 Å². The largest absolute Gasteiger partial charge is 0.368 e. The van der Waals surface area contributed by atoms with Crippen molar-refractivity contribution in [3.63, 3.8) is 0 Å². The highest BCUT2D eigenvalue weighted by atomic mass is 16.2. The van der Waals surface area contributed by atoms with Gasteiger partial charge in [-0.25, -0.2) is 0 Å². The lowest BCUT2D eigenvalue weighted by atomic mass is 10.2. The molecule has 7 heteroatoms. The fraction of sp³-hybridized carbons (Fsp3) is 0.381. The van der Waals surface area contributed by atoms with Crippen LogP contribution in [-0.4, -0.2) is 46.7 Å².